The monoisotopic (exact) mass is 345 g/mol. The van der Waals surface area contributed by atoms with Crippen LogP contribution in [0.1, 0.15) is 22.8 Å². The molecule has 0 N–H and O–H groups in total. The zero-order valence-electron chi connectivity index (χ0n) is 14.1. The van der Waals surface area contributed by atoms with E-state index in [1.807, 2.05) is 23.9 Å². The molecule has 124 valence electrons. The van der Waals surface area contributed by atoms with E-state index in [2.05, 4.69) is 66.7 Å². The second-order valence-electron chi connectivity index (χ2n) is 5.98. The van der Waals surface area contributed by atoms with Gasteiger partial charge in [-0.15, -0.1) is 11.8 Å². The fourth-order valence-electron chi connectivity index (χ4n) is 3.05. The van der Waals surface area contributed by atoms with Crippen LogP contribution in [0.15, 0.2) is 88.8 Å². The van der Waals surface area contributed by atoms with Crippen LogP contribution >= 0.6 is 11.8 Å². The minimum atomic E-state index is 0.303. The van der Waals surface area contributed by atoms with Gasteiger partial charge in [0.05, 0.1) is 12.8 Å². The number of ether oxygens (including phenoxy) is 1. The SMILES string of the molecule is COc1cccc(C2CC(c3ccccc3)=Nc3ccccc3S2)c1. The first-order valence-electron chi connectivity index (χ1n) is 8.36. The van der Waals surface area contributed by atoms with Crippen molar-refractivity contribution in [3.63, 3.8) is 0 Å². The van der Waals surface area contributed by atoms with Crippen molar-refractivity contribution in [3.8, 4) is 5.75 Å². The van der Waals surface area contributed by atoms with Gasteiger partial charge in [0.1, 0.15) is 5.75 Å². The molecule has 0 bridgehead atoms. The molecule has 0 amide bonds. The fraction of sp³-hybridized carbons (Fsp3) is 0.136. The second-order valence-corrected chi connectivity index (χ2v) is 7.22. The van der Waals surface area contributed by atoms with Gasteiger partial charge < -0.3 is 4.74 Å². The van der Waals surface area contributed by atoms with Crippen LogP contribution < -0.4 is 4.74 Å². The Bertz CT molecular complexity index is 905. The molecule has 2 nitrogen and oxygen atoms in total. The Morgan fingerprint density at radius 3 is 2.56 bits per heavy atom. The smallest absolute Gasteiger partial charge is 0.119 e. The molecule has 3 heteroatoms. The number of rotatable bonds is 3. The molecule has 1 heterocycles. The minimum Gasteiger partial charge on any atom is -0.497 e. The number of para-hydroxylation sites is 1. The van der Waals surface area contributed by atoms with Crippen LogP contribution in [-0.4, -0.2) is 12.8 Å². The first kappa shape index (κ1) is 16.0. The average Bonchev–Trinajstić information content (AvgIpc) is 2.88. The summed E-state index contributed by atoms with van der Waals surface area (Å²) < 4.78 is 5.42. The number of methoxy groups -OCH3 is 1. The molecule has 1 aliphatic rings. The maximum absolute atomic E-state index is 5.42. The zero-order chi connectivity index (χ0) is 17.1. The standard InChI is InChI=1S/C22H19NOS/c1-24-18-11-7-10-17(14-18)22-15-20(16-8-3-2-4-9-16)23-19-12-5-6-13-21(19)25-22/h2-14,22H,15H2,1H3. The van der Waals surface area contributed by atoms with Gasteiger partial charge in [0.25, 0.3) is 0 Å². The third-order valence-corrected chi connectivity index (χ3v) is 5.66. The topological polar surface area (TPSA) is 21.6 Å². The van der Waals surface area contributed by atoms with Crippen LogP contribution in [0.2, 0.25) is 0 Å². The van der Waals surface area contributed by atoms with E-state index >= 15 is 0 Å². The highest BCUT2D eigenvalue weighted by molar-refractivity contribution is 7.99. The average molecular weight is 345 g/mol. The number of hydrogen-bond acceptors (Lipinski definition) is 3. The lowest BCUT2D eigenvalue weighted by atomic mass is 10.0. The highest BCUT2D eigenvalue weighted by Gasteiger charge is 2.22. The molecule has 1 aliphatic heterocycles. The van der Waals surface area contributed by atoms with Crippen LogP contribution in [0, 0.1) is 0 Å². The van der Waals surface area contributed by atoms with Gasteiger partial charge in [-0.25, -0.2) is 0 Å². The summed E-state index contributed by atoms with van der Waals surface area (Å²) in [7, 11) is 1.71. The molecule has 0 fully saturated rings. The Kier molecular flexibility index (Phi) is 4.57. The van der Waals surface area contributed by atoms with Gasteiger partial charge in [0.2, 0.25) is 0 Å². The predicted molar refractivity (Wildman–Crippen MR) is 105 cm³/mol. The Morgan fingerprint density at radius 2 is 1.72 bits per heavy atom. The third kappa shape index (κ3) is 3.47. The summed E-state index contributed by atoms with van der Waals surface area (Å²) in [5, 5.41) is 0.303. The summed E-state index contributed by atoms with van der Waals surface area (Å²) in [5.74, 6) is 0.897. The number of benzene rings is 3. The highest BCUT2D eigenvalue weighted by atomic mass is 32.2. The molecule has 0 spiro atoms. The molecular weight excluding hydrogens is 326 g/mol. The summed E-state index contributed by atoms with van der Waals surface area (Å²) in [5.41, 5.74) is 4.64. The Hall–Kier alpha value is -2.52. The molecule has 1 unspecified atom stereocenters. The van der Waals surface area contributed by atoms with Crippen LogP contribution in [-0.2, 0) is 0 Å². The van der Waals surface area contributed by atoms with Gasteiger partial charge in [-0.3, -0.25) is 4.99 Å². The molecule has 25 heavy (non-hydrogen) atoms. The summed E-state index contributed by atoms with van der Waals surface area (Å²) in [6.45, 7) is 0. The Balaban J connectivity index is 1.79. The third-order valence-electron chi connectivity index (χ3n) is 4.34. The maximum Gasteiger partial charge on any atom is 0.119 e. The summed E-state index contributed by atoms with van der Waals surface area (Å²) in [6, 6.07) is 27.2. The Labute approximate surface area is 152 Å². The number of thioether (sulfide) groups is 1. The van der Waals surface area contributed by atoms with Gasteiger partial charge in [-0.05, 0) is 35.4 Å². The van der Waals surface area contributed by atoms with Gasteiger partial charge in [0.15, 0.2) is 0 Å². The van der Waals surface area contributed by atoms with Crippen LogP contribution in [0.4, 0.5) is 5.69 Å². The van der Waals surface area contributed by atoms with Crippen LogP contribution in [0.3, 0.4) is 0 Å². The fourth-order valence-corrected chi connectivity index (χ4v) is 4.27. The Morgan fingerprint density at radius 1 is 0.920 bits per heavy atom. The second kappa shape index (κ2) is 7.16. The number of fused-ring (bicyclic) bond motifs is 1. The molecule has 0 radical (unpaired) electrons. The van der Waals surface area contributed by atoms with E-state index in [4.69, 9.17) is 9.73 Å². The van der Waals surface area contributed by atoms with Crippen molar-refractivity contribution in [2.45, 2.75) is 16.6 Å². The zero-order valence-corrected chi connectivity index (χ0v) is 14.9. The maximum atomic E-state index is 5.42. The van der Waals surface area contributed by atoms with Crippen molar-refractivity contribution in [2.75, 3.05) is 7.11 Å². The van der Waals surface area contributed by atoms with E-state index in [0.717, 1.165) is 23.6 Å². The molecule has 4 rings (SSSR count). The van der Waals surface area contributed by atoms with E-state index in [1.54, 1.807) is 7.11 Å². The van der Waals surface area contributed by atoms with Crippen molar-refractivity contribution in [1.82, 2.24) is 0 Å². The van der Waals surface area contributed by atoms with E-state index in [0.29, 0.717) is 5.25 Å². The molecule has 3 aromatic rings. The number of nitrogens with zero attached hydrogens (tertiary/aromatic N) is 1. The van der Waals surface area contributed by atoms with Crippen molar-refractivity contribution in [3.05, 3.63) is 90.0 Å². The lowest BCUT2D eigenvalue weighted by Crippen LogP contribution is -2.05. The van der Waals surface area contributed by atoms with E-state index < -0.39 is 0 Å². The molecule has 0 saturated heterocycles. The summed E-state index contributed by atoms with van der Waals surface area (Å²) in [6.07, 6.45) is 0.885. The lowest BCUT2D eigenvalue weighted by molar-refractivity contribution is 0.414. The normalized spacial score (nSPS) is 16.5. The van der Waals surface area contributed by atoms with Gasteiger partial charge in [-0.1, -0.05) is 54.6 Å². The van der Waals surface area contributed by atoms with Gasteiger partial charge in [0, 0.05) is 22.3 Å². The van der Waals surface area contributed by atoms with E-state index in [9.17, 15) is 0 Å². The first-order chi connectivity index (χ1) is 12.3. The van der Waals surface area contributed by atoms with Crippen molar-refractivity contribution in [1.29, 1.82) is 0 Å². The lowest BCUT2D eigenvalue weighted by Gasteiger charge is -2.17. The predicted octanol–water partition coefficient (Wildman–Crippen LogP) is 6.05. The van der Waals surface area contributed by atoms with Gasteiger partial charge >= 0.3 is 0 Å². The summed E-state index contributed by atoms with van der Waals surface area (Å²) >= 11 is 1.88. The van der Waals surface area contributed by atoms with E-state index in [-0.39, 0.29) is 0 Å². The molecule has 0 aliphatic carbocycles. The summed E-state index contributed by atoms with van der Waals surface area (Å²) in [4.78, 5) is 6.22. The number of hydrogen-bond donors (Lipinski definition) is 0. The minimum absolute atomic E-state index is 0.303. The largest absolute Gasteiger partial charge is 0.497 e. The number of aliphatic imine (C=N–C) groups is 1. The molecule has 0 saturated carbocycles. The van der Waals surface area contributed by atoms with Crippen molar-refractivity contribution in [2.24, 2.45) is 4.99 Å². The molecule has 3 aromatic carbocycles. The van der Waals surface area contributed by atoms with Crippen molar-refractivity contribution < 1.29 is 4.74 Å². The molecule has 0 aromatic heterocycles. The molecular formula is C22H19NOS. The first-order valence-corrected chi connectivity index (χ1v) is 9.24. The van der Waals surface area contributed by atoms with Crippen LogP contribution in [0.25, 0.3) is 0 Å². The molecule has 1 atom stereocenters. The van der Waals surface area contributed by atoms with Gasteiger partial charge in [-0.2, -0.15) is 0 Å². The quantitative estimate of drug-likeness (QED) is 0.576. The van der Waals surface area contributed by atoms with E-state index in [1.165, 1.54) is 16.0 Å². The highest BCUT2D eigenvalue weighted by Crippen LogP contribution is 2.45. The van der Waals surface area contributed by atoms with Crippen molar-refractivity contribution >= 4 is 23.2 Å². The van der Waals surface area contributed by atoms with Crippen LogP contribution in [0.5, 0.6) is 5.75 Å².